The summed E-state index contributed by atoms with van der Waals surface area (Å²) in [6.45, 7) is 2.05. The second-order valence-corrected chi connectivity index (χ2v) is 7.77. The van der Waals surface area contributed by atoms with Gasteiger partial charge in [0, 0.05) is 6.07 Å². The average molecular weight is 326 g/mol. The molecule has 0 bridgehead atoms. The van der Waals surface area contributed by atoms with Crippen molar-refractivity contribution in [2.45, 2.75) is 36.9 Å². The Morgan fingerprint density at radius 1 is 1.38 bits per heavy atom. The quantitative estimate of drug-likeness (QED) is 0.742. The minimum Gasteiger partial charge on any atom is -0.267 e. The van der Waals surface area contributed by atoms with Crippen LogP contribution in [0.3, 0.4) is 0 Å². The van der Waals surface area contributed by atoms with Gasteiger partial charge in [-0.1, -0.05) is 37.5 Å². The lowest BCUT2D eigenvalue weighted by Gasteiger charge is -1.99. The normalized spacial score (nSPS) is 11.6. The Morgan fingerprint density at radius 2 is 2.14 bits per heavy atom. The monoisotopic (exact) mass is 326 g/mol. The van der Waals surface area contributed by atoms with E-state index in [4.69, 9.17) is 5.26 Å². The maximum atomic E-state index is 12.2. The molecule has 0 aliphatic heterocycles. The van der Waals surface area contributed by atoms with Crippen LogP contribution < -0.4 is 5.56 Å². The van der Waals surface area contributed by atoms with Gasteiger partial charge in [-0.15, -0.1) is 5.10 Å². The fourth-order valence-corrected chi connectivity index (χ4v) is 4.40. The Bertz CT molecular complexity index is 845. The maximum Gasteiger partial charge on any atom is 0.275 e. The Balaban J connectivity index is 2.35. The van der Waals surface area contributed by atoms with Crippen molar-refractivity contribution in [2.75, 3.05) is 5.75 Å². The Morgan fingerprint density at radius 3 is 2.81 bits per heavy atom. The minimum atomic E-state index is -3.51. The van der Waals surface area contributed by atoms with Crippen LogP contribution in [0.15, 0.2) is 15.2 Å². The van der Waals surface area contributed by atoms with Gasteiger partial charge in [-0.25, -0.2) is 8.42 Å². The summed E-state index contributed by atoms with van der Waals surface area (Å²) in [6.07, 6.45) is 3.44. The van der Waals surface area contributed by atoms with Crippen molar-refractivity contribution in [3.8, 4) is 6.07 Å². The number of nitriles is 1. The van der Waals surface area contributed by atoms with Crippen LogP contribution in [-0.2, 0) is 9.84 Å². The highest BCUT2D eigenvalue weighted by Gasteiger charge is 2.21. The van der Waals surface area contributed by atoms with Crippen molar-refractivity contribution < 1.29 is 8.42 Å². The summed E-state index contributed by atoms with van der Waals surface area (Å²) >= 11 is 0.813. The fraction of sp³-hybridized carbons (Fsp3) is 0.500. The molecule has 0 N–H and O–H groups in total. The first-order chi connectivity index (χ1) is 9.97. The van der Waals surface area contributed by atoms with E-state index in [1.165, 1.54) is 0 Å². The molecule has 112 valence electrons. The molecule has 0 unspecified atom stereocenters. The third-order valence-corrected chi connectivity index (χ3v) is 6.04. The predicted octanol–water partition coefficient (Wildman–Crippen LogP) is 1.38. The number of fused-ring (bicyclic) bond motifs is 1. The van der Waals surface area contributed by atoms with E-state index in [9.17, 15) is 13.2 Å². The second kappa shape index (κ2) is 6.32. The smallest absolute Gasteiger partial charge is 0.267 e. The van der Waals surface area contributed by atoms with Crippen LogP contribution in [0.4, 0.5) is 0 Å². The van der Waals surface area contributed by atoms with Gasteiger partial charge in [-0.05, 0) is 6.42 Å². The SMILES string of the molecule is CCCCCCS(=O)(=O)c1nn2c(C#N)cc(=O)nc2s1. The second-order valence-electron chi connectivity index (χ2n) is 4.53. The van der Waals surface area contributed by atoms with Crippen LogP contribution in [0, 0.1) is 11.3 Å². The Kier molecular flexibility index (Phi) is 4.69. The van der Waals surface area contributed by atoms with Gasteiger partial charge in [0.25, 0.3) is 5.56 Å². The number of hydrogen-bond donors (Lipinski definition) is 0. The molecule has 0 aliphatic carbocycles. The molecule has 0 amide bonds. The van der Waals surface area contributed by atoms with Crippen LogP contribution >= 0.6 is 11.3 Å². The van der Waals surface area contributed by atoms with E-state index >= 15 is 0 Å². The summed E-state index contributed by atoms with van der Waals surface area (Å²) < 4.78 is 25.4. The molecule has 2 heterocycles. The van der Waals surface area contributed by atoms with Crippen LogP contribution in [0.5, 0.6) is 0 Å². The van der Waals surface area contributed by atoms with Gasteiger partial charge in [-0.2, -0.15) is 14.8 Å². The molecular weight excluding hydrogens is 312 g/mol. The van der Waals surface area contributed by atoms with E-state index in [1.807, 2.05) is 13.0 Å². The highest BCUT2D eigenvalue weighted by Crippen LogP contribution is 2.20. The van der Waals surface area contributed by atoms with Crippen LogP contribution in [0.2, 0.25) is 0 Å². The minimum absolute atomic E-state index is 0.0134. The van der Waals surface area contributed by atoms with E-state index in [-0.39, 0.29) is 20.7 Å². The maximum absolute atomic E-state index is 12.2. The zero-order chi connectivity index (χ0) is 15.5. The molecule has 21 heavy (non-hydrogen) atoms. The molecule has 0 saturated carbocycles. The van der Waals surface area contributed by atoms with Crippen LogP contribution in [0.25, 0.3) is 4.96 Å². The van der Waals surface area contributed by atoms with Crippen molar-refractivity contribution in [1.82, 2.24) is 14.6 Å². The first-order valence-corrected chi connectivity index (χ1v) is 8.98. The van der Waals surface area contributed by atoms with Gasteiger partial charge in [0.1, 0.15) is 6.07 Å². The topological polar surface area (TPSA) is 105 Å². The zero-order valence-corrected chi connectivity index (χ0v) is 13.1. The van der Waals surface area contributed by atoms with Gasteiger partial charge in [0.05, 0.1) is 5.75 Å². The molecular formula is C12H14N4O3S2. The lowest BCUT2D eigenvalue weighted by molar-refractivity contribution is 0.586. The Hall–Kier alpha value is -1.79. The zero-order valence-electron chi connectivity index (χ0n) is 11.4. The number of sulfone groups is 1. The first-order valence-electron chi connectivity index (χ1n) is 6.51. The van der Waals surface area contributed by atoms with Crippen molar-refractivity contribution in [2.24, 2.45) is 0 Å². The fourth-order valence-electron chi connectivity index (χ4n) is 1.81. The molecule has 2 rings (SSSR count). The number of rotatable bonds is 6. The van der Waals surface area contributed by atoms with E-state index in [0.717, 1.165) is 41.2 Å². The van der Waals surface area contributed by atoms with Crippen molar-refractivity contribution >= 4 is 26.1 Å². The lowest BCUT2D eigenvalue weighted by atomic mass is 10.2. The van der Waals surface area contributed by atoms with E-state index in [1.54, 1.807) is 0 Å². The molecule has 0 atom stereocenters. The Labute approximate surface area is 125 Å². The van der Waals surface area contributed by atoms with E-state index in [2.05, 4.69) is 10.1 Å². The molecule has 0 spiro atoms. The van der Waals surface area contributed by atoms with Crippen molar-refractivity contribution in [3.05, 3.63) is 22.1 Å². The molecule has 2 aromatic rings. The predicted molar refractivity (Wildman–Crippen MR) is 78.0 cm³/mol. The summed E-state index contributed by atoms with van der Waals surface area (Å²) in [5.41, 5.74) is -0.601. The molecule has 0 radical (unpaired) electrons. The summed E-state index contributed by atoms with van der Waals surface area (Å²) in [7, 11) is -3.51. The number of unbranched alkanes of at least 4 members (excludes halogenated alkanes) is 3. The third kappa shape index (κ3) is 3.46. The third-order valence-electron chi connectivity index (χ3n) is 2.88. The van der Waals surface area contributed by atoms with Crippen molar-refractivity contribution in [3.63, 3.8) is 0 Å². The molecule has 9 heteroatoms. The summed E-state index contributed by atoms with van der Waals surface area (Å²) in [5, 5.41) is 12.9. The highest BCUT2D eigenvalue weighted by atomic mass is 32.2. The van der Waals surface area contributed by atoms with Crippen molar-refractivity contribution in [1.29, 1.82) is 5.26 Å². The molecule has 0 fully saturated rings. The number of nitrogens with zero attached hydrogens (tertiary/aromatic N) is 4. The van der Waals surface area contributed by atoms with E-state index in [0.29, 0.717) is 6.42 Å². The van der Waals surface area contributed by atoms with Gasteiger partial charge in [0.2, 0.25) is 19.1 Å². The number of hydrogen-bond acceptors (Lipinski definition) is 7. The average Bonchev–Trinajstić information content (AvgIpc) is 2.87. The van der Waals surface area contributed by atoms with Crippen LogP contribution in [-0.4, -0.2) is 28.8 Å². The molecule has 0 saturated heterocycles. The number of aromatic nitrogens is 3. The van der Waals surface area contributed by atoms with Gasteiger partial charge >= 0.3 is 0 Å². The van der Waals surface area contributed by atoms with E-state index < -0.39 is 15.4 Å². The summed E-state index contributed by atoms with van der Waals surface area (Å²) in [4.78, 5) is 15.1. The lowest BCUT2D eigenvalue weighted by Crippen LogP contribution is -2.10. The first kappa shape index (κ1) is 15.6. The van der Waals surface area contributed by atoms with Gasteiger partial charge < -0.3 is 0 Å². The summed E-state index contributed by atoms with van der Waals surface area (Å²) in [6, 6.07) is 2.84. The summed E-state index contributed by atoms with van der Waals surface area (Å²) in [5.74, 6) is 0.0134. The molecule has 2 aromatic heterocycles. The molecule has 0 aliphatic rings. The molecule has 7 nitrogen and oxygen atoms in total. The largest absolute Gasteiger partial charge is 0.275 e. The molecule has 0 aromatic carbocycles. The van der Waals surface area contributed by atoms with Crippen LogP contribution in [0.1, 0.15) is 38.3 Å². The standard InChI is InChI=1S/C12H14N4O3S2/c1-2-3-4-5-6-21(18,19)12-15-16-9(8-13)7-10(17)14-11(16)20-12/h7H,2-6H2,1H3. The van der Waals surface area contributed by atoms with Gasteiger partial charge in [-0.3, -0.25) is 4.79 Å². The highest BCUT2D eigenvalue weighted by molar-refractivity contribution is 7.93. The van der Waals surface area contributed by atoms with Gasteiger partial charge in [0.15, 0.2) is 5.69 Å².